The maximum atomic E-state index is 6.09. The van der Waals surface area contributed by atoms with Crippen LogP contribution in [-0.2, 0) is 11.3 Å². The first-order valence-corrected chi connectivity index (χ1v) is 8.60. The molecular formula is C21H20N4O. The van der Waals surface area contributed by atoms with E-state index in [4.69, 9.17) is 4.74 Å². The molecule has 4 rings (SSSR count). The monoisotopic (exact) mass is 344 g/mol. The minimum absolute atomic E-state index is 0.209. The number of ether oxygens (including phenoxy) is 1. The lowest BCUT2D eigenvalue weighted by atomic mass is 10.2. The molecule has 2 aromatic heterocycles. The third-order valence-corrected chi connectivity index (χ3v) is 4.19. The van der Waals surface area contributed by atoms with Crippen molar-refractivity contribution < 1.29 is 4.74 Å². The van der Waals surface area contributed by atoms with Gasteiger partial charge in [0.15, 0.2) is 6.23 Å². The van der Waals surface area contributed by atoms with Crippen molar-refractivity contribution in [2.45, 2.75) is 12.8 Å². The molecule has 0 aromatic carbocycles. The largest absolute Gasteiger partial charge is 0.350 e. The molecular weight excluding hydrogens is 324 g/mol. The van der Waals surface area contributed by atoms with E-state index in [1.54, 1.807) is 6.20 Å². The fraction of sp³-hybridized carbons (Fsp3) is 0.143. The number of hydrogen-bond donors (Lipinski definition) is 0. The van der Waals surface area contributed by atoms with E-state index in [0.717, 1.165) is 23.6 Å². The Labute approximate surface area is 153 Å². The first-order chi connectivity index (χ1) is 12.9. The van der Waals surface area contributed by atoms with Gasteiger partial charge in [-0.3, -0.25) is 4.98 Å². The highest BCUT2D eigenvalue weighted by Crippen LogP contribution is 2.25. The number of allylic oxidation sites excluding steroid dienone is 4. The molecule has 0 saturated heterocycles. The van der Waals surface area contributed by atoms with E-state index in [1.165, 1.54) is 0 Å². The van der Waals surface area contributed by atoms with Crippen molar-refractivity contribution in [1.82, 2.24) is 9.97 Å². The van der Waals surface area contributed by atoms with Crippen LogP contribution in [0.15, 0.2) is 91.7 Å². The zero-order valence-electron chi connectivity index (χ0n) is 14.3. The molecule has 1 atom stereocenters. The molecule has 2 aromatic rings. The van der Waals surface area contributed by atoms with Crippen LogP contribution >= 0.6 is 0 Å². The number of hydrogen-bond acceptors (Lipinski definition) is 5. The van der Waals surface area contributed by atoms with Gasteiger partial charge in [-0.2, -0.15) is 0 Å². The van der Waals surface area contributed by atoms with Crippen molar-refractivity contribution >= 4 is 11.5 Å². The van der Waals surface area contributed by atoms with Crippen LogP contribution in [0.4, 0.5) is 11.5 Å². The molecule has 1 unspecified atom stereocenters. The minimum atomic E-state index is -0.209. The van der Waals surface area contributed by atoms with Gasteiger partial charge in [-0.15, -0.1) is 0 Å². The molecule has 0 saturated carbocycles. The highest BCUT2D eigenvalue weighted by molar-refractivity contribution is 5.59. The molecule has 0 fully saturated rings. The summed E-state index contributed by atoms with van der Waals surface area (Å²) < 4.78 is 6.09. The van der Waals surface area contributed by atoms with Gasteiger partial charge in [0, 0.05) is 49.3 Å². The van der Waals surface area contributed by atoms with Gasteiger partial charge in [0.05, 0.1) is 6.61 Å². The van der Waals surface area contributed by atoms with Crippen LogP contribution < -0.4 is 9.80 Å². The highest BCUT2D eigenvalue weighted by atomic mass is 16.5. The maximum absolute atomic E-state index is 6.09. The maximum Gasteiger partial charge on any atom is 0.155 e. The lowest BCUT2D eigenvalue weighted by molar-refractivity contribution is 0.0740. The molecule has 0 spiro atoms. The van der Waals surface area contributed by atoms with Gasteiger partial charge in [0.1, 0.15) is 5.82 Å². The summed E-state index contributed by atoms with van der Waals surface area (Å²) in [5.41, 5.74) is 2.15. The fourth-order valence-electron chi connectivity index (χ4n) is 2.87. The van der Waals surface area contributed by atoms with Crippen molar-refractivity contribution in [2.24, 2.45) is 0 Å². The molecule has 2 aliphatic heterocycles. The summed E-state index contributed by atoms with van der Waals surface area (Å²) in [6.07, 6.45) is 21.5. The second kappa shape index (κ2) is 7.80. The van der Waals surface area contributed by atoms with Gasteiger partial charge >= 0.3 is 0 Å². The Morgan fingerprint density at radius 2 is 2.04 bits per heavy atom. The zero-order valence-corrected chi connectivity index (χ0v) is 14.3. The van der Waals surface area contributed by atoms with Gasteiger partial charge in [-0.05, 0) is 35.9 Å². The Morgan fingerprint density at radius 3 is 2.88 bits per heavy atom. The van der Waals surface area contributed by atoms with Gasteiger partial charge in [-0.1, -0.05) is 24.3 Å². The van der Waals surface area contributed by atoms with Crippen molar-refractivity contribution in [3.63, 3.8) is 0 Å². The lowest BCUT2D eigenvalue weighted by Crippen LogP contribution is -2.33. The molecule has 2 aliphatic rings. The summed E-state index contributed by atoms with van der Waals surface area (Å²) in [6, 6.07) is 8.02. The Hall–Kier alpha value is -3.18. The molecule has 5 nitrogen and oxygen atoms in total. The van der Waals surface area contributed by atoms with Crippen LogP contribution in [0.1, 0.15) is 5.56 Å². The van der Waals surface area contributed by atoms with Gasteiger partial charge in [-0.25, -0.2) is 4.98 Å². The molecule has 130 valence electrons. The van der Waals surface area contributed by atoms with Crippen LogP contribution in [0.2, 0.25) is 0 Å². The summed E-state index contributed by atoms with van der Waals surface area (Å²) in [5.74, 6) is 0.849. The fourth-order valence-corrected chi connectivity index (χ4v) is 2.87. The van der Waals surface area contributed by atoms with E-state index in [1.807, 2.05) is 66.0 Å². The van der Waals surface area contributed by atoms with Crippen LogP contribution in [0.25, 0.3) is 0 Å². The SMILES string of the molecule is C1=CCN(c2ccnc(N3C=CC=CC3OCc3cccnc3)c2)C=C1. The van der Waals surface area contributed by atoms with E-state index in [2.05, 4.69) is 39.3 Å². The Bertz CT molecular complexity index is 857. The summed E-state index contributed by atoms with van der Waals surface area (Å²) in [5, 5.41) is 0. The third kappa shape index (κ3) is 3.73. The van der Waals surface area contributed by atoms with Gasteiger partial charge < -0.3 is 14.5 Å². The average molecular weight is 344 g/mol. The van der Waals surface area contributed by atoms with E-state index in [9.17, 15) is 0 Å². The molecule has 0 aliphatic carbocycles. The van der Waals surface area contributed by atoms with E-state index < -0.39 is 0 Å². The smallest absolute Gasteiger partial charge is 0.155 e. The second-order valence-corrected chi connectivity index (χ2v) is 5.99. The quantitative estimate of drug-likeness (QED) is 0.825. The van der Waals surface area contributed by atoms with Gasteiger partial charge in [0.25, 0.3) is 0 Å². The predicted molar refractivity (Wildman–Crippen MR) is 103 cm³/mol. The van der Waals surface area contributed by atoms with Crippen molar-refractivity contribution in [3.8, 4) is 0 Å². The van der Waals surface area contributed by atoms with Crippen LogP contribution in [-0.4, -0.2) is 22.7 Å². The first-order valence-electron chi connectivity index (χ1n) is 8.60. The predicted octanol–water partition coefficient (Wildman–Crippen LogP) is 3.80. The van der Waals surface area contributed by atoms with Crippen LogP contribution in [0.3, 0.4) is 0 Å². The van der Waals surface area contributed by atoms with E-state index in [-0.39, 0.29) is 6.23 Å². The number of pyridine rings is 2. The van der Waals surface area contributed by atoms with Crippen molar-refractivity contribution in [1.29, 1.82) is 0 Å². The van der Waals surface area contributed by atoms with Crippen molar-refractivity contribution in [2.75, 3.05) is 16.3 Å². The first kappa shape index (κ1) is 16.3. The van der Waals surface area contributed by atoms with Crippen molar-refractivity contribution in [3.05, 3.63) is 97.3 Å². The molecule has 26 heavy (non-hydrogen) atoms. The Kier molecular flexibility index (Phi) is 4.89. The number of nitrogens with zero attached hydrogens (tertiary/aromatic N) is 4. The number of aromatic nitrogens is 2. The Balaban J connectivity index is 1.51. The number of anilines is 2. The zero-order chi connectivity index (χ0) is 17.6. The van der Waals surface area contributed by atoms with Gasteiger partial charge in [0.2, 0.25) is 0 Å². The van der Waals surface area contributed by atoms with Crippen LogP contribution in [0, 0.1) is 0 Å². The second-order valence-electron chi connectivity index (χ2n) is 5.99. The normalized spacial score (nSPS) is 18.5. The third-order valence-electron chi connectivity index (χ3n) is 4.19. The molecule has 0 bridgehead atoms. The summed E-state index contributed by atoms with van der Waals surface area (Å²) in [4.78, 5) is 12.9. The topological polar surface area (TPSA) is 41.5 Å². The number of rotatable bonds is 5. The molecule has 0 radical (unpaired) electrons. The van der Waals surface area contributed by atoms with E-state index in [0.29, 0.717) is 6.61 Å². The summed E-state index contributed by atoms with van der Waals surface area (Å²) in [7, 11) is 0. The Morgan fingerprint density at radius 1 is 1.08 bits per heavy atom. The van der Waals surface area contributed by atoms with Crippen LogP contribution in [0.5, 0.6) is 0 Å². The van der Waals surface area contributed by atoms with E-state index >= 15 is 0 Å². The highest BCUT2D eigenvalue weighted by Gasteiger charge is 2.19. The molecule has 5 heteroatoms. The average Bonchev–Trinajstić information content (AvgIpc) is 2.74. The summed E-state index contributed by atoms with van der Waals surface area (Å²) >= 11 is 0. The molecule has 0 N–H and O–H groups in total. The molecule has 0 amide bonds. The molecule has 4 heterocycles. The standard InChI is InChI=1S/C21H20N4O/c1-3-12-24(13-4-1)19-9-11-23-20(15-19)25-14-5-2-8-21(25)26-17-18-7-6-10-22-16-18/h1-12,14-16,21H,13,17H2. The lowest BCUT2D eigenvalue weighted by Gasteiger charge is -2.30. The minimum Gasteiger partial charge on any atom is -0.350 e. The summed E-state index contributed by atoms with van der Waals surface area (Å²) in [6.45, 7) is 1.35.